The normalized spacial score (nSPS) is 15.5. The zero-order chi connectivity index (χ0) is 10.0. The second-order valence-electron chi connectivity index (χ2n) is 3.27. The Balaban J connectivity index is 3.05. The standard InChI is InChI=1S/C10H14BrNO/c1-6-3-4-8(11)5-9(6)10(12)7(2)13/h3-5,7,10,13H,12H2,1-2H3/t7-,10-/m0/s1. The first-order valence-corrected chi connectivity index (χ1v) is 5.01. The first-order chi connectivity index (χ1) is 6.02. The Bertz CT molecular complexity index is 299. The van der Waals surface area contributed by atoms with Crippen molar-refractivity contribution in [2.45, 2.75) is 26.0 Å². The molecule has 72 valence electrons. The molecule has 1 rings (SSSR count). The van der Waals surface area contributed by atoms with E-state index in [2.05, 4.69) is 15.9 Å². The number of nitrogens with two attached hydrogens (primary N) is 1. The van der Waals surface area contributed by atoms with Gasteiger partial charge in [0, 0.05) is 4.47 Å². The van der Waals surface area contributed by atoms with Crippen LogP contribution in [0, 0.1) is 6.92 Å². The molecular formula is C10H14BrNO. The largest absolute Gasteiger partial charge is 0.391 e. The first-order valence-electron chi connectivity index (χ1n) is 4.22. The minimum atomic E-state index is -0.520. The predicted octanol–water partition coefficient (Wildman–Crippen LogP) is 2.14. The van der Waals surface area contributed by atoms with Crippen LogP contribution in [0.4, 0.5) is 0 Å². The highest BCUT2D eigenvalue weighted by Gasteiger charge is 2.14. The topological polar surface area (TPSA) is 46.2 Å². The number of benzene rings is 1. The quantitative estimate of drug-likeness (QED) is 0.837. The lowest BCUT2D eigenvalue weighted by Crippen LogP contribution is -2.23. The average molecular weight is 244 g/mol. The molecule has 0 aromatic heterocycles. The molecule has 0 aliphatic carbocycles. The van der Waals surface area contributed by atoms with Crippen LogP contribution in [0.1, 0.15) is 24.1 Å². The number of hydrogen-bond acceptors (Lipinski definition) is 2. The molecular weight excluding hydrogens is 230 g/mol. The lowest BCUT2D eigenvalue weighted by molar-refractivity contribution is 0.164. The molecule has 0 aliphatic heterocycles. The van der Waals surface area contributed by atoms with Crippen molar-refractivity contribution in [2.24, 2.45) is 5.73 Å². The molecule has 0 fully saturated rings. The molecule has 2 atom stereocenters. The van der Waals surface area contributed by atoms with Crippen LogP contribution < -0.4 is 5.73 Å². The first kappa shape index (κ1) is 10.7. The van der Waals surface area contributed by atoms with E-state index in [1.807, 2.05) is 25.1 Å². The van der Waals surface area contributed by atoms with E-state index in [1.54, 1.807) is 6.92 Å². The monoisotopic (exact) mass is 243 g/mol. The summed E-state index contributed by atoms with van der Waals surface area (Å²) in [6, 6.07) is 5.60. The van der Waals surface area contributed by atoms with Crippen LogP contribution in [0.2, 0.25) is 0 Å². The smallest absolute Gasteiger partial charge is 0.0704 e. The third kappa shape index (κ3) is 2.53. The van der Waals surface area contributed by atoms with E-state index >= 15 is 0 Å². The van der Waals surface area contributed by atoms with E-state index in [0.717, 1.165) is 15.6 Å². The Morgan fingerprint density at radius 1 is 1.46 bits per heavy atom. The summed E-state index contributed by atoms with van der Waals surface area (Å²) in [5.41, 5.74) is 7.93. The second kappa shape index (κ2) is 4.22. The molecule has 0 amide bonds. The molecule has 0 bridgehead atoms. The maximum absolute atomic E-state index is 9.35. The van der Waals surface area contributed by atoms with Gasteiger partial charge in [-0.25, -0.2) is 0 Å². The van der Waals surface area contributed by atoms with Gasteiger partial charge in [0.05, 0.1) is 12.1 Å². The van der Waals surface area contributed by atoms with Crippen molar-refractivity contribution in [2.75, 3.05) is 0 Å². The van der Waals surface area contributed by atoms with E-state index < -0.39 is 6.10 Å². The summed E-state index contributed by atoms with van der Waals surface area (Å²) in [6.07, 6.45) is -0.520. The molecule has 0 saturated carbocycles. The Morgan fingerprint density at radius 2 is 2.08 bits per heavy atom. The van der Waals surface area contributed by atoms with Crippen molar-refractivity contribution >= 4 is 15.9 Å². The van der Waals surface area contributed by atoms with Crippen LogP contribution in [0.25, 0.3) is 0 Å². The minimum absolute atomic E-state index is 0.308. The summed E-state index contributed by atoms with van der Waals surface area (Å²) in [5.74, 6) is 0. The fourth-order valence-electron chi connectivity index (χ4n) is 1.23. The van der Waals surface area contributed by atoms with Crippen LogP contribution in [0.3, 0.4) is 0 Å². The zero-order valence-electron chi connectivity index (χ0n) is 7.79. The van der Waals surface area contributed by atoms with Gasteiger partial charge in [0.2, 0.25) is 0 Å². The number of halogens is 1. The van der Waals surface area contributed by atoms with Gasteiger partial charge < -0.3 is 10.8 Å². The van der Waals surface area contributed by atoms with Crippen molar-refractivity contribution in [1.29, 1.82) is 0 Å². The Labute approximate surface area is 86.9 Å². The number of aliphatic hydroxyl groups is 1. The van der Waals surface area contributed by atoms with Crippen LogP contribution in [0.15, 0.2) is 22.7 Å². The molecule has 3 heteroatoms. The molecule has 0 unspecified atom stereocenters. The van der Waals surface area contributed by atoms with E-state index in [0.29, 0.717) is 0 Å². The summed E-state index contributed by atoms with van der Waals surface area (Å²) < 4.78 is 0.990. The second-order valence-corrected chi connectivity index (χ2v) is 4.18. The van der Waals surface area contributed by atoms with Gasteiger partial charge in [0.25, 0.3) is 0 Å². The maximum atomic E-state index is 9.35. The van der Waals surface area contributed by atoms with Crippen LogP contribution in [0.5, 0.6) is 0 Å². The van der Waals surface area contributed by atoms with Gasteiger partial charge in [-0.15, -0.1) is 0 Å². The van der Waals surface area contributed by atoms with Crippen molar-refractivity contribution in [3.8, 4) is 0 Å². The Kier molecular flexibility index (Phi) is 3.47. The number of aliphatic hydroxyl groups excluding tert-OH is 1. The third-order valence-electron chi connectivity index (χ3n) is 2.12. The highest BCUT2D eigenvalue weighted by molar-refractivity contribution is 9.10. The molecule has 1 aromatic carbocycles. The van der Waals surface area contributed by atoms with Gasteiger partial charge in [0.1, 0.15) is 0 Å². The van der Waals surface area contributed by atoms with Crippen molar-refractivity contribution < 1.29 is 5.11 Å². The van der Waals surface area contributed by atoms with Crippen LogP contribution in [-0.2, 0) is 0 Å². The molecule has 0 saturated heterocycles. The fraction of sp³-hybridized carbons (Fsp3) is 0.400. The highest BCUT2D eigenvalue weighted by atomic mass is 79.9. The van der Waals surface area contributed by atoms with E-state index in [-0.39, 0.29) is 6.04 Å². The molecule has 0 heterocycles. The van der Waals surface area contributed by atoms with Gasteiger partial charge >= 0.3 is 0 Å². The zero-order valence-corrected chi connectivity index (χ0v) is 9.38. The summed E-state index contributed by atoms with van der Waals surface area (Å²) in [4.78, 5) is 0. The van der Waals surface area contributed by atoms with E-state index in [4.69, 9.17) is 5.73 Å². The van der Waals surface area contributed by atoms with Gasteiger partial charge in [-0.05, 0) is 37.1 Å². The fourth-order valence-corrected chi connectivity index (χ4v) is 1.61. The van der Waals surface area contributed by atoms with Gasteiger partial charge in [-0.1, -0.05) is 22.0 Å². The molecule has 2 nitrogen and oxygen atoms in total. The van der Waals surface area contributed by atoms with Crippen molar-refractivity contribution in [3.63, 3.8) is 0 Å². The summed E-state index contributed by atoms with van der Waals surface area (Å²) in [6.45, 7) is 3.69. The molecule has 0 radical (unpaired) electrons. The summed E-state index contributed by atoms with van der Waals surface area (Å²) in [5, 5.41) is 9.35. The molecule has 0 aliphatic rings. The predicted molar refractivity (Wildman–Crippen MR) is 57.5 cm³/mol. The summed E-state index contributed by atoms with van der Waals surface area (Å²) >= 11 is 3.38. The van der Waals surface area contributed by atoms with Gasteiger partial charge in [-0.3, -0.25) is 0 Å². The highest BCUT2D eigenvalue weighted by Crippen LogP contribution is 2.22. The van der Waals surface area contributed by atoms with Crippen molar-refractivity contribution in [3.05, 3.63) is 33.8 Å². The lowest BCUT2D eigenvalue weighted by atomic mass is 9.99. The van der Waals surface area contributed by atoms with E-state index in [9.17, 15) is 5.11 Å². The number of aryl methyl sites for hydroxylation is 1. The minimum Gasteiger partial charge on any atom is -0.391 e. The van der Waals surface area contributed by atoms with Crippen LogP contribution in [-0.4, -0.2) is 11.2 Å². The lowest BCUT2D eigenvalue weighted by Gasteiger charge is -2.17. The SMILES string of the molecule is Cc1ccc(Br)cc1[C@@H](N)[C@H](C)O. The number of rotatable bonds is 2. The molecule has 1 aromatic rings. The Morgan fingerprint density at radius 3 is 2.62 bits per heavy atom. The summed E-state index contributed by atoms with van der Waals surface area (Å²) in [7, 11) is 0. The van der Waals surface area contributed by atoms with E-state index in [1.165, 1.54) is 0 Å². The average Bonchev–Trinajstić information content (AvgIpc) is 2.08. The van der Waals surface area contributed by atoms with Crippen molar-refractivity contribution in [1.82, 2.24) is 0 Å². The maximum Gasteiger partial charge on any atom is 0.0704 e. The molecule has 0 spiro atoms. The Hall–Kier alpha value is -0.380. The molecule has 3 N–H and O–H groups in total. The van der Waals surface area contributed by atoms with Gasteiger partial charge in [0.15, 0.2) is 0 Å². The van der Waals surface area contributed by atoms with Gasteiger partial charge in [-0.2, -0.15) is 0 Å². The van der Waals surface area contributed by atoms with Crippen LogP contribution >= 0.6 is 15.9 Å². The molecule has 13 heavy (non-hydrogen) atoms. The third-order valence-corrected chi connectivity index (χ3v) is 2.61. The number of hydrogen-bond donors (Lipinski definition) is 2.